The molecule has 88 valence electrons. The van der Waals surface area contributed by atoms with Gasteiger partial charge in [-0.1, -0.05) is 23.2 Å². The lowest BCUT2D eigenvalue weighted by Crippen LogP contribution is -1.94. The molecular formula is C11H8Cl2N2O2. The van der Waals surface area contributed by atoms with Crippen LogP contribution in [0.1, 0.15) is 5.69 Å². The van der Waals surface area contributed by atoms with Gasteiger partial charge in [0, 0.05) is 10.0 Å². The molecule has 1 N–H and O–H groups in total. The van der Waals surface area contributed by atoms with Crippen LogP contribution in [-0.2, 0) is 6.61 Å². The molecule has 4 nitrogen and oxygen atoms in total. The molecule has 0 radical (unpaired) electrons. The molecule has 0 atom stereocenters. The fraction of sp³-hybridized carbons (Fsp3) is 0.0909. The molecule has 0 saturated carbocycles. The highest BCUT2D eigenvalue weighted by Crippen LogP contribution is 2.27. The fourth-order valence-electron chi connectivity index (χ4n) is 1.22. The van der Waals surface area contributed by atoms with Crippen LogP contribution in [-0.4, -0.2) is 15.1 Å². The first-order valence-electron chi connectivity index (χ1n) is 4.73. The minimum atomic E-state index is -0.194. The Hall–Kier alpha value is -1.36. The third-order valence-corrected chi connectivity index (χ3v) is 2.32. The number of ether oxygens (including phenoxy) is 1. The molecule has 0 aliphatic carbocycles. The van der Waals surface area contributed by atoms with E-state index in [-0.39, 0.29) is 12.5 Å². The summed E-state index contributed by atoms with van der Waals surface area (Å²) < 4.78 is 5.43. The van der Waals surface area contributed by atoms with Crippen LogP contribution >= 0.6 is 23.2 Å². The number of nitrogens with zero attached hydrogens (tertiary/aromatic N) is 2. The summed E-state index contributed by atoms with van der Waals surface area (Å²) in [5, 5.41) is 9.86. The molecule has 0 aliphatic heterocycles. The molecule has 2 rings (SSSR count). The van der Waals surface area contributed by atoms with E-state index in [1.54, 1.807) is 18.2 Å². The second-order valence-electron chi connectivity index (χ2n) is 3.21. The summed E-state index contributed by atoms with van der Waals surface area (Å²) in [5.74, 6) is 0.738. The van der Waals surface area contributed by atoms with E-state index in [0.717, 1.165) is 0 Å². The first-order chi connectivity index (χ1) is 8.17. The van der Waals surface area contributed by atoms with Crippen LogP contribution in [0.2, 0.25) is 10.0 Å². The largest absolute Gasteiger partial charge is 0.437 e. The zero-order chi connectivity index (χ0) is 12.3. The topological polar surface area (TPSA) is 55.2 Å². The van der Waals surface area contributed by atoms with Gasteiger partial charge >= 0.3 is 0 Å². The molecule has 0 saturated heterocycles. The highest BCUT2D eigenvalue weighted by atomic mass is 35.5. The molecule has 17 heavy (non-hydrogen) atoms. The van der Waals surface area contributed by atoms with Gasteiger partial charge in [0.1, 0.15) is 5.75 Å². The van der Waals surface area contributed by atoms with Gasteiger partial charge < -0.3 is 9.84 Å². The number of hydrogen-bond acceptors (Lipinski definition) is 4. The van der Waals surface area contributed by atoms with E-state index in [1.807, 2.05) is 0 Å². The quantitative estimate of drug-likeness (QED) is 0.932. The van der Waals surface area contributed by atoms with Crippen LogP contribution < -0.4 is 4.74 Å². The van der Waals surface area contributed by atoms with E-state index in [1.165, 1.54) is 12.4 Å². The first-order valence-corrected chi connectivity index (χ1v) is 5.48. The number of rotatable bonds is 3. The first kappa shape index (κ1) is 12.1. The van der Waals surface area contributed by atoms with Crippen molar-refractivity contribution in [3.8, 4) is 11.6 Å². The number of halogens is 2. The fourth-order valence-corrected chi connectivity index (χ4v) is 1.73. The molecular weight excluding hydrogens is 263 g/mol. The number of hydrogen-bond donors (Lipinski definition) is 1. The van der Waals surface area contributed by atoms with E-state index in [2.05, 4.69) is 9.97 Å². The Bertz CT molecular complexity index is 514. The second-order valence-corrected chi connectivity index (χ2v) is 4.09. The maximum absolute atomic E-state index is 8.92. The summed E-state index contributed by atoms with van der Waals surface area (Å²) >= 11 is 11.7. The average Bonchev–Trinajstić information content (AvgIpc) is 2.28. The maximum atomic E-state index is 8.92. The molecule has 6 heteroatoms. The molecule has 2 aromatic rings. The van der Waals surface area contributed by atoms with Crippen LogP contribution in [0.3, 0.4) is 0 Å². The Labute approximate surface area is 108 Å². The molecule has 0 bridgehead atoms. The SMILES string of the molecule is OCc1cncc(Oc2cc(Cl)cc(Cl)c2)n1. The van der Waals surface area contributed by atoms with Crippen LogP contribution in [0.5, 0.6) is 11.6 Å². The maximum Gasteiger partial charge on any atom is 0.238 e. The normalized spacial score (nSPS) is 10.3. The second kappa shape index (κ2) is 5.31. The van der Waals surface area contributed by atoms with Crippen molar-refractivity contribution in [3.05, 3.63) is 46.3 Å². The minimum Gasteiger partial charge on any atom is -0.437 e. The molecule has 0 fully saturated rings. The number of benzene rings is 1. The summed E-state index contributed by atoms with van der Waals surface area (Å²) in [6.07, 6.45) is 2.89. The molecule has 0 amide bonds. The summed E-state index contributed by atoms with van der Waals surface area (Å²) in [6.45, 7) is -0.194. The van der Waals surface area contributed by atoms with Gasteiger partial charge in [-0.2, -0.15) is 0 Å². The van der Waals surface area contributed by atoms with Gasteiger partial charge in [-0.15, -0.1) is 0 Å². The molecule has 0 aliphatic rings. The van der Waals surface area contributed by atoms with Crippen LogP contribution in [0.15, 0.2) is 30.6 Å². The highest BCUT2D eigenvalue weighted by Gasteiger charge is 2.03. The summed E-state index contributed by atoms with van der Waals surface area (Å²) in [6, 6.07) is 4.83. The lowest BCUT2D eigenvalue weighted by atomic mass is 10.3. The molecule has 0 unspecified atom stereocenters. The monoisotopic (exact) mass is 270 g/mol. The highest BCUT2D eigenvalue weighted by molar-refractivity contribution is 6.34. The molecule has 1 aromatic heterocycles. The van der Waals surface area contributed by atoms with Crippen LogP contribution in [0.25, 0.3) is 0 Å². The van der Waals surface area contributed by atoms with Gasteiger partial charge in [0.2, 0.25) is 5.88 Å². The Kier molecular flexibility index (Phi) is 3.78. The van der Waals surface area contributed by atoms with Gasteiger partial charge in [0.05, 0.1) is 24.7 Å². The van der Waals surface area contributed by atoms with Gasteiger partial charge in [-0.05, 0) is 18.2 Å². The summed E-state index contributed by atoms with van der Waals surface area (Å²) in [4.78, 5) is 7.91. The number of aliphatic hydroxyl groups is 1. The van der Waals surface area contributed by atoms with Crippen molar-refractivity contribution in [2.24, 2.45) is 0 Å². The van der Waals surface area contributed by atoms with Crippen molar-refractivity contribution in [2.45, 2.75) is 6.61 Å². The zero-order valence-corrected chi connectivity index (χ0v) is 10.1. The van der Waals surface area contributed by atoms with Gasteiger partial charge in [-0.25, -0.2) is 4.98 Å². The lowest BCUT2D eigenvalue weighted by Gasteiger charge is -2.06. The Morgan fingerprint density at radius 3 is 2.47 bits per heavy atom. The van der Waals surface area contributed by atoms with Gasteiger partial charge in [-0.3, -0.25) is 4.98 Å². The van der Waals surface area contributed by atoms with Crippen LogP contribution in [0, 0.1) is 0 Å². The van der Waals surface area contributed by atoms with Crippen molar-refractivity contribution in [1.29, 1.82) is 0 Å². The lowest BCUT2D eigenvalue weighted by molar-refractivity contribution is 0.274. The predicted molar refractivity (Wildman–Crippen MR) is 64.5 cm³/mol. The smallest absolute Gasteiger partial charge is 0.238 e. The third kappa shape index (κ3) is 3.30. The molecule has 1 heterocycles. The van der Waals surface area contributed by atoms with Crippen molar-refractivity contribution < 1.29 is 9.84 Å². The van der Waals surface area contributed by atoms with Crippen molar-refractivity contribution in [3.63, 3.8) is 0 Å². The predicted octanol–water partition coefficient (Wildman–Crippen LogP) is 3.07. The molecule has 0 spiro atoms. The third-order valence-electron chi connectivity index (χ3n) is 1.88. The van der Waals surface area contributed by atoms with E-state index >= 15 is 0 Å². The van der Waals surface area contributed by atoms with E-state index in [0.29, 0.717) is 21.5 Å². The summed E-state index contributed by atoms with van der Waals surface area (Å²) in [7, 11) is 0. The minimum absolute atomic E-state index is 0.194. The van der Waals surface area contributed by atoms with Crippen molar-refractivity contribution >= 4 is 23.2 Å². The Balaban J connectivity index is 2.24. The molecule has 1 aromatic carbocycles. The Morgan fingerprint density at radius 1 is 1.12 bits per heavy atom. The van der Waals surface area contributed by atoms with Gasteiger partial charge in [0.25, 0.3) is 0 Å². The Morgan fingerprint density at radius 2 is 1.82 bits per heavy atom. The van der Waals surface area contributed by atoms with E-state index in [9.17, 15) is 0 Å². The van der Waals surface area contributed by atoms with Crippen LogP contribution in [0.4, 0.5) is 0 Å². The van der Waals surface area contributed by atoms with Crippen molar-refractivity contribution in [1.82, 2.24) is 9.97 Å². The van der Waals surface area contributed by atoms with Gasteiger partial charge in [0.15, 0.2) is 0 Å². The zero-order valence-electron chi connectivity index (χ0n) is 8.60. The standard InChI is InChI=1S/C11H8Cl2N2O2/c12-7-1-8(13)3-10(2-7)17-11-5-14-4-9(6-16)15-11/h1-5,16H,6H2. The summed E-state index contributed by atoms with van der Waals surface area (Å²) in [5.41, 5.74) is 0.427. The average molecular weight is 271 g/mol. The number of aliphatic hydroxyl groups excluding tert-OH is 1. The number of aromatic nitrogens is 2. The van der Waals surface area contributed by atoms with E-state index < -0.39 is 0 Å². The van der Waals surface area contributed by atoms with Crippen molar-refractivity contribution in [2.75, 3.05) is 0 Å². The van der Waals surface area contributed by atoms with E-state index in [4.69, 9.17) is 33.0 Å².